The summed E-state index contributed by atoms with van der Waals surface area (Å²) in [6.07, 6.45) is 0. The van der Waals surface area contributed by atoms with Gasteiger partial charge in [-0.1, -0.05) is 0 Å². The zero-order chi connectivity index (χ0) is 9.57. The maximum atomic E-state index is 11.2. The van der Waals surface area contributed by atoms with Crippen molar-refractivity contribution in [1.29, 1.82) is 0 Å². The van der Waals surface area contributed by atoms with Gasteiger partial charge < -0.3 is 4.90 Å². The summed E-state index contributed by atoms with van der Waals surface area (Å²) in [4.78, 5) is 12.6. The Morgan fingerprint density at radius 3 is 2.42 bits per heavy atom. The van der Waals surface area contributed by atoms with Gasteiger partial charge in [0.2, 0.25) is 15.9 Å². The third-order valence-corrected chi connectivity index (χ3v) is 3.01. The van der Waals surface area contributed by atoms with Crippen molar-refractivity contribution >= 4 is 15.9 Å². The van der Waals surface area contributed by atoms with Gasteiger partial charge >= 0.3 is 0 Å². The zero-order valence-corrected chi connectivity index (χ0v) is 7.89. The molecule has 0 bridgehead atoms. The summed E-state index contributed by atoms with van der Waals surface area (Å²) in [5, 5.41) is 4.84. The van der Waals surface area contributed by atoms with Crippen LogP contribution in [0.15, 0.2) is 0 Å². The second-order valence-corrected chi connectivity index (χ2v) is 5.14. The minimum absolute atomic E-state index is 0.156. The highest BCUT2D eigenvalue weighted by atomic mass is 32.2. The highest BCUT2D eigenvalue weighted by Crippen LogP contribution is 2.30. The fourth-order valence-electron chi connectivity index (χ4n) is 1.58. The number of β-lactam (4-membered cyclic amide) rings is 1. The minimum Gasteiger partial charge on any atom is -0.344 e. The highest BCUT2D eigenvalue weighted by molar-refractivity contribution is 7.89. The summed E-state index contributed by atoms with van der Waals surface area (Å²) in [6.45, 7) is 2.07. The number of nitrogens with two attached hydrogens (primary N) is 1. The lowest BCUT2D eigenvalue weighted by Gasteiger charge is -2.43. The van der Waals surface area contributed by atoms with Gasteiger partial charge in [0, 0.05) is 13.6 Å². The molecule has 1 rings (SSSR count). The summed E-state index contributed by atoms with van der Waals surface area (Å²) in [7, 11) is -1.91. The number of carbonyl (C=O) groups excluding carboxylic acids is 1. The molecule has 1 saturated heterocycles. The molecule has 0 spiro atoms. The summed E-state index contributed by atoms with van der Waals surface area (Å²) >= 11 is 0. The first-order valence-electron chi connectivity index (χ1n) is 3.51. The molecule has 0 aromatic carbocycles. The summed E-state index contributed by atoms with van der Waals surface area (Å²) in [5.41, 5.74) is -0.789. The van der Waals surface area contributed by atoms with E-state index in [0.717, 1.165) is 0 Å². The molecule has 70 valence electrons. The average molecular weight is 192 g/mol. The van der Waals surface area contributed by atoms with E-state index in [-0.39, 0.29) is 11.7 Å². The van der Waals surface area contributed by atoms with E-state index in [4.69, 9.17) is 5.14 Å². The van der Waals surface area contributed by atoms with E-state index in [1.54, 1.807) is 14.0 Å². The molecule has 0 aromatic rings. The van der Waals surface area contributed by atoms with Crippen molar-refractivity contribution in [3.05, 3.63) is 0 Å². The van der Waals surface area contributed by atoms with Crippen LogP contribution in [0.2, 0.25) is 0 Å². The van der Waals surface area contributed by atoms with Crippen molar-refractivity contribution in [3.63, 3.8) is 0 Å². The quantitative estimate of drug-likeness (QED) is 0.555. The Labute approximate surface area is 71.6 Å². The molecule has 5 nitrogen and oxygen atoms in total. The van der Waals surface area contributed by atoms with Crippen LogP contribution < -0.4 is 5.14 Å². The highest BCUT2D eigenvalue weighted by Gasteiger charge is 2.48. The van der Waals surface area contributed by atoms with Gasteiger partial charge in [-0.05, 0) is 6.92 Å². The van der Waals surface area contributed by atoms with E-state index in [0.29, 0.717) is 6.54 Å². The van der Waals surface area contributed by atoms with Gasteiger partial charge in [0.15, 0.2) is 0 Å². The standard InChI is InChI=1S/C6H12N2O3S/c1-6(4-12(7,10)11)3-8(2)5(6)9/h3-4H2,1-2H3,(H2,7,10,11). The monoisotopic (exact) mass is 192 g/mol. The topological polar surface area (TPSA) is 80.5 Å². The van der Waals surface area contributed by atoms with Gasteiger partial charge in [0.25, 0.3) is 0 Å². The summed E-state index contributed by atoms with van der Waals surface area (Å²) < 4.78 is 21.4. The zero-order valence-electron chi connectivity index (χ0n) is 7.07. The van der Waals surface area contributed by atoms with Crippen LogP contribution >= 0.6 is 0 Å². The van der Waals surface area contributed by atoms with Crippen molar-refractivity contribution < 1.29 is 13.2 Å². The van der Waals surface area contributed by atoms with Crippen LogP contribution in [0.25, 0.3) is 0 Å². The lowest BCUT2D eigenvalue weighted by molar-refractivity contribution is -0.153. The Kier molecular flexibility index (Phi) is 1.92. The molecule has 0 radical (unpaired) electrons. The van der Waals surface area contributed by atoms with E-state index in [2.05, 4.69) is 0 Å². The van der Waals surface area contributed by atoms with Gasteiger partial charge in [0.05, 0.1) is 11.2 Å². The number of nitrogens with zero attached hydrogens (tertiary/aromatic N) is 1. The van der Waals surface area contributed by atoms with Crippen LogP contribution in [-0.2, 0) is 14.8 Å². The Morgan fingerprint density at radius 2 is 2.17 bits per heavy atom. The molecule has 1 unspecified atom stereocenters. The summed E-state index contributed by atoms with van der Waals surface area (Å²) in [6, 6.07) is 0. The largest absolute Gasteiger partial charge is 0.344 e. The van der Waals surface area contributed by atoms with Crippen molar-refractivity contribution in [1.82, 2.24) is 4.90 Å². The minimum atomic E-state index is -3.55. The molecule has 1 heterocycles. The second-order valence-electron chi connectivity index (χ2n) is 3.53. The van der Waals surface area contributed by atoms with E-state index < -0.39 is 15.4 Å². The van der Waals surface area contributed by atoms with Gasteiger partial charge in [-0.3, -0.25) is 4.79 Å². The van der Waals surface area contributed by atoms with Gasteiger partial charge in [-0.25, -0.2) is 13.6 Å². The van der Waals surface area contributed by atoms with Gasteiger partial charge in [-0.15, -0.1) is 0 Å². The molecular weight excluding hydrogens is 180 g/mol. The third kappa shape index (κ3) is 1.59. The van der Waals surface area contributed by atoms with Crippen molar-refractivity contribution in [3.8, 4) is 0 Å². The number of hydrogen-bond acceptors (Lipinski definition) is 3. The molecule has 1 amide bonds. The number of sulfonamides is 1. The Bertz CT molecular complexity index is 311. The predicted octanol–water partition coefficient (Wildman–Crippen LogP) is -1.25. The van der Waals surface area contributed by atoms with E-state index >= 15 is 0 Å². The Hall–Kier alpha value is -0.620. The lowest BCUT2D eigenvalue weighted by Crippen LogP contribution is -2.61. The second kappa shape index (κ2) is 2.43. The Morgan fingerprint density at radius 1 is 1.67 bits per heavy atom. The fourth-order valence-corrected chi connectivity index (χ4v) is 2.69. The predicted molar refractivity (Wildman–Crippen MR) is 43.7 cm³/mol. The molecule has 1 aliphatic heterocycles. The molecule has 1 atom stereocenters. The maximum Gasteiger partial charge on any atom is 0.231 e. The average Bonchev–Trinajstić information content (AvgIpc) is 1.83. The van der Waals surface area contributed by atoms with Gasteiger partial charge in [-0.2, -0.15) is 0 Å². The third-order valence-electron chi connectivity index (χ3n) is 1.97. The first-order chi connectivity index (χ1) is 5.25. The van der Waals surface area contributed by atoms with Gasteiger partial charge in [0.1, 0.15) is 0 Å². The first-order valence-corrected chi connectivity index (χ1v) is 5.22. The molecule has 2 N–H and O–H groups in total. The van der Waals surface area contributed by atoms with Crippen LogP contribution in [0.5, 0.6) is 0 Å². The van der Waals surface area contributed by atoms with Crippen LogP contribution in [0.4, 0.5) is 0 Å². The van der Waals surface area contributed by atoms with Crippen LogP contribution in [0.1, 0.15) is 6.92 Å². The molecular formula is C6H12N2O3S. The molecule has 6 heteroatoms. The van der Waals surface area contributed by atoms with Crippen LogP contribution in [-0.4, -0.2) is 38.6 Å². The molecule has 1 aliphatic rings. The smallest absolute Gasteiger partial charge is 0.231 e. The Balaban J connectivity index is 2.72. The number of amides is 1. The number of hydrogen-bond donors (Lipinski definition) is 1. The van der Waals surface area contributed by atoms with Crippen LogP contribution in [0.3, 0.4) is 0 Å². The SMILES string of the molecule is CN1CC(C)(CS(N)(=O)=O)C1=O. The molecule has 0 aliphatic carbocycles. The normalized spacial score (nSPS) is 30.2. The fraction of sp³-hybridized carbons (Fsp3) is 0.833. The maximum absolute atomic E-state index is 11.2. The summed E-state index contributed by atoms with van der Waals surface area (Å²) in [5.74, 6) is -0.417. The molecule has 1 fully saturated rings. The van der Waals surface area contributed by atoms with Crippen molar-refractivity contribution in [2.24, 2.45) is 10.6 Å². The van der Waals surface area contributed by atoms with E-state index in [9.17, 15) is 13.2 Å². The first kappa shape index (κ1) is 9.47. The van der Waals surface area contributed by atoms with Crippen molar-refractivity contribution in [2.75, 3.05) is 19.3 Å². The molecule has 0 aromatic heterocycles. The van der Waals surface area contributed by atoms with Crippen LogP contribution in [0, 0.1) is 5.41 Å². The molecule has 0 saturated carbocycles. The van der Waals surface area contributed by atoms with Crippen molar-refractivity contribution in [2.45, 2.75) is 6.92 Å². The molecule has 12 heavy (non-hydrogen) atoms. The number of carbonyl (C=O) groups is 1. The lowest BCUT2D eigenvalue weighted by atomic mass is 9.83. The number of rotatable bonds is 2. The van der Waals surface area contributed by atoms with E-state index in [1.807, 2.05) is 0 Å². The number of likely N-dealkylation sites (tertiary alicyclic amines) is 1. The number of primary sulfonamides is 1. The van der Waals surface area contributed by atoms with E-state index in [1.165, 1.54) is 4.90 Å².